The molecular weight excluding hydrogens is 503 g/mol. The smallest absolute Gasteiger partial charge is 0.458 e. The maximum absolute atomic E-state index is 12.8. The number of carbonyl (C=O) groups excluding carboxylic acids is 2. The van der Waals surface area contributed by atoms with E-state index in [2.05, 4.69) is 10.2 Å². The Morgan fingerprint density at radius 2 is 1.82 bits per heavy atom. The molecule has 0 saturated carbocycles. The van der Waals surface area contributed by atoms with Crippen molar-refractivity contribution in [1.82, 2.24) is 10.4 Å². The second-order valence-corrected chi connectivity index (χ2v) is 8.94. The molecule has 1 N–H and O–H groups in total. The number of nitrogens with zero attached hydrogens (tertiary/aromatic N) is 2. The monoisotopic (exact) mass is 529 g/mol. The lowest BCUT2D eigenvalue weighted by molar-refractivity contribution is -0.248. The number of amides is 1. The zero-order chi connectivity index (χ0) is 27.1. The van der Waals surface area contributed by atoms with Gasteiger partial charge in [0.25, 0.3) is 0 Å². The molecule has 4 rings (SSSR count). The van der Waals surface area contributed by atoms with E-state index < -0.39 is 30.1 Å². The molecule has 2 aromatic rings. The molecular formula is C27H26F3N3O5. The molecule has 2 aliphatic rings. The van der Waals surface area contributed by atoms with Crippen molar-refractivity contribution >= 4 is 17.6 Å². The minimum absolute atomic E-state index is 0.00745. The first-order valence-electron chi connectivity index (χ1n) is 12.1. The van der Waals surface area contributed by atoms with Crippen LogP contribution < -0.4 is 5.32 Å². The van der Waals surface area contributed by atoms with E-state index in [1.165, 1.54) is 0 Å². The van der Waals surface area contributed by atoms with E-state index in [0.717, 1.165) is 27.5 Å². The van der Waals surface area contributed by atoms with E-state index in [-0.39, 0.29) is 26.2 Å². The third-order valence-electron chi connectivity index (χ3n) is 6.21. The van der Waals surface area contributed by atoms with Crippen molar-refractivity contribution in [3.63, 3.8) is 0 Å². The van der Waals surface area contributed by atoms with Gasteiger partial charge in [0.15, 0.2) is 5.76 Å². The number of allylic oxidation sites excluding steroid dienone is 1. The predicted octanol–water partition coefficient (Wildman–Crippen LogP) is 4.03. The van der Waals surface area contributed by atoms with Gasteiger partial charge in [-0.05, 0) is 30.4 Å². The number of benzene rings is 2. The van der Waals surface area contributed by atoms with Gasteiger partial charge in [-0.25, -0.2) is 4.79 Å². The first-order valence-corrected chi connectivity index (χ1v) is 12.1. The Kier molecular flexibility index (Phi) is 8.53. The highest BCUT2D eigenvalue weighted by Gasteiger charge is 2.44. The van der Waals surface area contributed by atoms with Gasteiger partial charge in [-0.2, -0.15) is 18.4 Å². The Morgan fingerprint density at radius 3 is 2.50 bits per heavy atom. The number of hydroxylamine groups is 2. The Balaban J connectivity index is 1.38. The highest BCUT2D eigenvalue weighted by Crippen LogP contribution is 2.29. The van der Waals surface area contributed by atoms with Gasteiger partial charge < -0.3 is 19.6 Å². The fraction of sp³-hybridized carbons (Fsp3) is 0.370. The van der Waals surface area contributed by atoms with E-state index in [1.807, 2.05) is 48.5 Å². The molecule has 0 unspecified atom stereocenters. The summed E-state index contributed by atoms with van der Waals surface area (Å²) in [5, 5.41) is 12.9. The first-order chi connectivity index (χ1) is 18.2. The summed E-state index contributed by atoms with van der Waals surface area (Å²) >= 11 is 0. The van der Waals surface area contributed by atoms with E-state index in [1.54, 1.807) is 12.1 Å². The standard InChI is InChI=1S/C27H26F3N3O5/c28-27(29,30)26(35)38-33-13-5-4-8-22(33)25(34)32-21(16-31)14-19-9-11-20(12-10-19)24-23(36-17-37-24)15-18-6-2-1-3-7-18/h1-3,6-7,9-12,21-22H,4-5,8,13-15,17H2,(H,32,34)/t21-,22-/m0/s1. The van der Waals surface area contributed by atoms with Gasteiger partial charge >= 0.3 is 12.1 Å². The Labute approximate surface area is 217 Å². The molecule has 1 amide bonds. The van der Waals surface area contributed by atoms with Crippen molar-refractivity contribution in [3.05, 3.63) is 77.0 Å². The maximum Gasteiger partial charge on any atom is 0.492 e. The third-order valence-corrected chi connectivity index (χ3v) is 6.21. The van der Waals surface area contributed by atoms with Crippen LogP contribution in [-0.4, -0.2) is 48.5 Å². The molecule has 2 atom stereocenters. The van der Waals surface area contributed by atoms with E-state index in [4.69, 9.17) is 9.47 Å². The number of halogens is 3. The molecule has 0 spiro atoms. The largest absolute Gasteiger partial charge is 0.492 e. The van der Waals surface area contributed by atoms with Gasteiger partial charge in [0, 0.05) is 24.9 Å². The Hall–Kier alpha value is -4.04. The summed E-state index contributed by atoms with van der Waals surface area (Å²) in [6, 6.07) is 17.1. The van der Waals surface area contributed by atoms with Gasteiger partial charge in [0.05, 0.1) is 6.07 Å². The van der Waals surface area contributed by atoms with Crippen molar-refractivity contribution in [1.29, 1.82) is 5.26 Å². The van der Waals surface area contributed by atoms with Crippen molar-refractivity contribution in [2.24, 2.45) is 0 Å². The lowest BCUT2D eigenvalue weighted by Gasteiger charge is -2.33. The molecule has 0 bridgehead atoms. The second-order valence-electron chi connectivity index (χ2n) is 8.94. The van der Waals surface area contributed by atoms with E-state index in [0.29, 0.717) is 25.0 Å². The topological polar surface area (TPSA) is 101 Å². The molecule has 1 saturated heterocycles. The van der Waals surface area contributed by atoms with Crippen LogP contribution in [0.25, 0.3) is 5.76 Å². The molecule has 0 aromatic heterocycles. The summed E-state index contributed by atoms with van der Waals surface area (Å²) < 4.78 is 49.2. The number of nitriles is 1. The summed E-state index contributed by atoms with van der Waals surface area (Å²) in [7, 11) is 0. The highest BCUT2D eigenvalue weighted by atomic mass is 19.4. The number of ether oxygens (including phenoxy) is 2. The fourth-order valence-corrected chi connectivity index (χ4v) is 4.32. The van der Waals surface area contributed by atoms with Crippen LogP contribution in [0.5, 0.6) is 0 Å². The normalized spacial score (nSPS) is 18.6. The van der Waals surface area contributed by atoms with E-state index in [9.17, 15) is 28.0 Å². The van der Waals surface area contributed by atoms with Gasteiger partial charge in [-0.1, -0.05) is 54.6 Å². The molecule has 1 fully saturated rings. The van der Waals surface area contributed by atoms with Crippen LogP contribution in [-0.2, 0) is 36.7 Å². The SMILES string of the molecule is N#C[C@H](Cc1ccc(C2=C(Cc3ccccc3)OCO2)cc1)NC(=O)[C@@H]1CCCCN1OC(=O)C(F)(F)F. The van der Waals surface area contributed by atoms with Crippen LogP contribution in [0, 0.1) is 11.3 Å². The van der Waals surface area contributed by atoms with E-state index >= 15 is 0 Å². The number of rotatable bonds is 8. The molecule has 8 nitrogen and oxygen atoms in total. The number of alkyl halides is 3. The number of carbonyl (C=O) groups is 2. The number of hydrogen-bond donors (Lipinski definition) is 1. The summed E-state index contributed by atoms with van der Waals surface area (Å²) in [4.78, 5) is 28.5. The highest BCUT2D eigenvalue weighted by molar-refractivity contribution is 5.83. The number of hydrogen-bond acceptors (Lipinski definition) is 7. The average Bonchev–Trinajstić information content (AvgIpc) is 3.37. The summed E-state index contributed by atoms with van der Waals surface area (Å²) in [5.41, 5.74) is 2.65. The molecule has 2 aromatic carbocycles. The minimum Gasteiger partial charge on any atom is -0.458 e. The first kappa shape index (κ1) is 27.0. The van der Waals surface area contributed by atoms with Crippen LogP contribution in [0.4, 0.5) is 13.2 Å². The molecule has 0 radical (unpaired) electrons. The lowest BCUT2D eigenvalue weighted by atomic mass is 10.0. The molecule has 2 heterocycles. The van der Waals surface area contributed by atoms with Crippen LogP contribution in [0.2, 0.25) is 0 Å². The van der Waals surface area contributed by atoms with Gasteiger partial charge in [0.1, 0.15) is 17.8 Å². The maximum atomic E-state index is 12.8. The molecule has 0 aliphatic carbocycles. The number of nitrogens with one attached hydrogen (secondary N) is 1. The molecule has 11 heteroatoms. The van der Waals surface area contributed by atoms with Crippen LogP contribution in [0.3, 0.4) is 0 Å². The summed E-state index contributed by atoms with van der Waals surface area (Å²) in [6.45, 7) is 0.116. The summed E-state index contributed by atoms with van der Waals surface area (Å²) in [6.07, 6.45) is -3.17. The van der Waals surface area contributed by atoms with Crippen molar-refractivity contribution in [3.8, 4) is 6.07 Å². The quantitative estimate of drug-likeness (QED) is 0.551. The molecule has 200 valence electrons. The zero-order valence-electron chi connectivity index (χ0n) is 20.4. The van der Waals surface area contributed by atoms with Crippen molar-refractivity contribution in [2.75, 3.05) is 13.3 Å². The molecule has 38 heavy (non-hydrogen) atoms. The summed E-state index contributed by atoms with van der Waals surface area (Å²) in [5.74, 6) is -1.70. The van der Waals surface area contributed by atoms with Crippen LogP contribution in [0.15, 0.2) is 60.4 Å². The minimum atomic E-state index is -5.17. The Morgan fingerprint density at radius 1 is 1.08 bits per heavy atom. The lowest BCUT2D eigenvalue weighted by Crippen LogP contribution is -2.53. The fourth-order valence-electron chi connectivity index (χ4n) is 4.32. The van der Waals surface area contributed by atoms with Gasteiger partial charge in [-0.15, -0.1) is 5.06 Å². The Bertz CT molecular complexity index is 1210. The number of piperidine rings is 1. The molecule has 2 aliphatic heterocycles. The van der Waals surface area contributed by atoms with Crippen LogP contribution >= 0.6 is 0 Å². The van der Waals surface area contributed by atoms with Crippen LogP contribution in [0.1, 0.15) is 36.0 Å². The third kappa shape index (κ3) is 6.83. The predicted molar refractivity (Wildman–Crippen MR) is 128 cm³/mol. The van der Waals surface area contributed by atoms with Gasteiger partial charge in [0.2, 0.25) is 12.7 Å². The second kappa shape index (κ2) is 12.0. The van der Waals surface area contributed by atoms with Crippen molar-refractivity contribution in [2.45, 2.75) is 50.4 Å². The zero-order valence-corrected chi connectivity index (χ0v) is 20.4. The van der Waals surface area contributed by atoms with Crippen molar-refractivity contribution < 1.29 is 37.1 Å². The van der Waals surface area contributed by atoms with Gasteiger partial charge in [-0.3, -0.25) is 4.79 Å². The average molecular weight is 530 g/mol.